The first-order valence-electron chi connectivity index (χ1n) is 5.40. The summed E-state index contributed by atoms with van der Waals surface area (Å²) in [6, 6.07) is 6.15. The van der Waals surface area contributed by atoms with Crippen molar-refractivity contribution in [3.8, 4) is 0 Å². The molecule has 0 aliphatic rings. The van der Waals surface area contributed by atoms with E-state index in [1.807, 2.05) is 13.8 Å². The second-order valence-corrected chi connectivity index (χ2v) is 3.40. The molecule has 0 radical (unpaired) electrons. The molecule has 0 unspecified atom stereocenters. The minimum absolute atomic E-state index is 0.0470. The van der Waals surface area contributed by atoms with Crippen LogP contribution in [0.4, 0.5) is 4.39 Å². The molecule has 2 nitrogen and oxygen atoms in total. The molecule has 16 heavy (non-hydrogen) atoms. The molecule has 0 aliphatic heterocycles. The van der Waals surface area contributed by atoms with E-state index in [0.29, 0.717) is 18.7 Å². The molecule has 0 N–H and O–H groups in total. The summed E-state index contributed by atoms with van der Waals surface area (Å²) >= 11 is 0. The number of halogens is 1. The highest BCUT2D eigenvalue weighted by molar-refractivity contribution is 5.91. The van der Waals surface area contributed by atoms with Gasteiger partial charge < -0.3 is 4.90 Å². The van der Waals surface area contributed by atoms with Crippen LogP contribution < -0.4 is 0 Å². The SMILES string of the molecule is CCN(CC)C(=O)/C=C\c1cccc(F)c1. The number of rotatable bonds is 4. The van der Waals surface area contributed by atoms with Crippen molar-refractivity contribution in [2.45, 2.75) is 13.8 Å². The average molecular weight is 221 g/mol. The maximum atomic E-state index is 12.9. The van der Waals surface area contributed by atoms with E-state index in [4.69, 9.17) is 0 Å². The third kappa shape index (κ3) is 3.50. The van der Waals surface area contributed by atoms with E-state index in [-0.39, 0.29) is 11.7 Å². The third-order valence-electron chi connectivity index (χ3n) is 2.34. The quantitative estimate of drug-likeness (QED) is 0.716. The Kier molecular flexibility index (Phi) is 4.70. The van der Waals surface area contributed by atoms with Crippen molar-refractivity contribution in [2.75, 3.05) is 13.1 Å². The Labute approximate surface area is 95.4 Å². The summed E-state index contributed by atoms with van der Waals surface area (Å²) in [7, 11) is 0. The summed E-state index contributed by atoms with van der Waals surface area (Å²) in [5.41, 5.74) is 0.695. The minimum atomic E-state index is -0.294. The molecule has 86 valence electrons. The molecule has 1 aromatic rings. The Balaban J connectivity index is 2.70. The Bertz CT molecular complexity index is 383. The van der Waals surface area contributed by atoms with Gasteiger partial charge in [-0.15, -0.1) is 0 Å². The fourth-order valence-electron chi connectivity index (χ4n) is 1.42. The highest BCUT2D eigenvalue weighted by Crippen LogP contribution is 2.05. The van der Waals surface area contributed by atoms with Gasteiger partial charge in [0.1, 0.15) is 5.82 Å². The lowest BCUT2D eigenvalue weighted by Gasteiger charge is -2.15. The molecule has 0 heterocycles. The second kappa shape index (κ2) is 6.05. The molecule has 0 atom stereocenters. The number of benzene rings is 1. The second-order valence-electron chi connectivity index (χ2n) is 3.40. The molecular formula is C13H16FNO. The van der Waals surface area contributed by atoms with E-state index in [0.717, 1.165) is 0 Å². The van der Waals surface area contributed by atoms with Crippen LogP contribution in [0.3, 0.4) is 0 Å². The number of hydrogen-bond acceptors (Lipinski definition) is 1. The highest BCUT2D eigenvalue weighted by atomic mass is 19.1. The predicted molar refractivity (Wildman–Crippen MR) is 63.4 cm³/mol. The van der Waals surface area contributed by atoms with Crippen molar-refractivity contribution in [3.63, 3.8) is 0 Å². The lowest BCUT2D eigenvalue weighted by molar-refractivity contribution is -0.125. The first-order valence-corrected chi connectivity index (χ1v) is 5.40. The highest BCUT2D eigenvalue weighted by Gasteiger charge is 2.04. The van der Waals surface area contributed by atoms with Gasteiger partial charge in [0.25, 0.3) is 0 Å². The van der Waals surface area contributed by atoms with E-state index in [9.17, 15) is 9.18 Å². The maximum Gasteiger partial charge on any atom is 0.246 e. The molecule has 1 amide bonds. The monoisotopic (exact) mass is 221 g/mol. The van der Waals surface area contributed by atoms with Crippen LogP contribution in [-0.4, -0.2) is 23.9 Å². The van der Waals surface area contributed by atoms with Crippen LogP contribution in [0.25, 0.3) is 6.08 Å². The van der Waals surface area contributed by atoms with E-state index in [2.05, 4.69) is 0 Å². The van der Waals surface area contributed by atoms with Gasteiger partial charge in [-0.3, -0.25) is 4.79 Å². The minimum Gasteiger partial charge on any atom is -0.340 e. The lowest BCUT2D eigenvalue weighted by Crippen LogP contribution is -2.28. The fourth-order valence-corrected chi connectivity index (χ4v) is 1.42. The predicted octanol–water partition coefficient (Wildman–Crippen LogP) is 2.71. The molecule has 0 saturated carbocycles. The van der Waals surface area contributed by atoms with Gasteiger partial charge in [0.05, 0.1) is 0 Å². The first kappa shape index (κ1) is 12.4. The zero-order valence-electron chi connectivity index (χ0n) is 9.61. The van der Waals surface area contributed by atoms with Crippen molar-refractivity contribution in [1.82, 2.24) is 4.90 Å². The molecule has 0 aliphatic carbocycles. The van der Waals surface area contributed by atoms with Gasteiger partial charge in [0.2, 0.25) is 5.91 Å². The Morgan fingerprint density at radius 3 is 2.62 bits per heavy atom. The first-order chi connectivity index (χ1) is 7.67. The van der Waals surface area contributed by atoms with Crippen molar-refractivity contribution in [2.24, 2.45) is 0 Å². The van der Waals surface area contributed by atoms with Crippen LogP contribution in [0.2, 0.25) is 0 Å². The van der Waals surface area contributed by atoms with Crippen LogP contribution in [0.1, 0.15) is 19.4 Å². The Morgan fingerprint density at radius 2 is 2.06 bits per heavy atom. The zero-order chi connectivity index (χ0) is 12.0. The van der Waals surface area contributed by atoms with Gasteiger partial charge in [-0.05, 0) is 37.6 Å². The summed E-state index contributed by atoms with van der Waals surface area (Å²) in [5.74, 6) is -0.341. The normalized spacial score (nSPS) is 10.7. The summed E-state index contributed by atoms with van der Waals surface area (Å²) in [4.78, 5) is 13.3. The number of amides is 1. The summed E-state index contributed by atoms with van der Waals surface area (Å²) in [6.07, 6.45) is 3.10. The number of carbonyl (C=O) groups excluding carboxylic acids is 1. The number of hydrogen-bond donors (Lipinski definition) is 0. The van der Waals surface area contributed by atoms with Crippen LogP contribution in [0, 0.1) is 5.82 Å². The van der Waals surface area contributed by atoms with Gasteiger partial charge in [0, 0.05) is 19.2 Å². The van der Waals surface area contributed by atoms with Gasteiger partial charge >= 0.3 is 0 Å². The molecule has 0 bridgehead atoms. The van der Waals surface area contributed by atoms with Gasteiger partial charge in [-0.1, -0.05) is 12.1 Å². The topological polar surface area (TPSA) is 20.3 Å². The van der Waals surface area contributed by atoms with Gasteiger partial charge in [-0.25, -0.2) is 4.39 Å². The Morgan fingerprint density at radius 1 is 1.38 bits per heavy atom. The van der Waals surface area contributed by atoms with Crippen LogP contribution in [0.15, 0.2) is 30.3 Å². The number of nitrogens with zero attached hydrogens (tertiary/aromatic N) is 1. The molecule has 1 aromatic carbocycles. The largest absolute Gasteiger partial charge is 0.340 e. The van der Waals surface area contributed by atoms with E-state index in [1.54, 1.807) is 23.1 Å². The van der Waals surface area contributed by atoms with Gasteiger partial charge in [-0.2, -0.15) is 0 Å². The molecule has 0 saturated heterocycles. The van der Waals surface area contributed by atoms with E-state index in [1.165, 1.54) is 18.2 Å². The molecule has 0 spiro atoms. The van der Waals surface area contributed by atoms with Crippen LogP contribution in [0.5, 0.6) is 0 Å². The van der Waals surface area contributed by atoms with E-state index < -0.39 is 0 Å². The van der Waals surface area contributed by atoms with Crippen molar-refractivity contribution < 1.29 is 9.18 Å². The summed E-state index contributed by atoms with van der Waals surface area (Å²) < 4.78 is 12.9. The number of carbonyl (C=O) groups is 1. The maximum absolute atomic E-state index is 12.9. The van der Waals surface area contributed by atoms with E-state index >= 15 is 0 Å². The Hall–Kier alpha value is -1.64. The molecule has 0 aromatic heterocycles. The number of likely N-dealkylation sites (N-methyl/N-ethyl adjacent to an activating group) is 1. The summed E-state index contributed by atoms with van der Waals surface area (Å²) in [5, 5.41) is 0. The smallest absolute Gasteiger partial charge is 0.246 e. The average Bonchev–Trinajstić information content (AvgIpc) is 2.28. The standard InChI is InChI=1S/C13H16FNO/c1-3-15(4-2)13(16)9-8-11-6-5-7-12(14)10-11/h5-10H,3-4H2,1-2H3/b9-8-. The summed E-state index contributed by atoms with van der Waals surface area (Å²) in [6.45, 7) is 5.22. The lowest BCUT2D eigenvalue weighted by atomic mass is 10.2. The fraction of sp³-hybridized carbons (Fsp3) is 0.308. The zero-order valence-corrected chi connectivity index (χ0v) is 9.61. The molecular weight excluding hydrogens is 205 g/mol. The van der Waals surface area contributed by atoms with Crippen LogP contribution >= 0.6 is 0 Å². The molecule has 0 fully saturated rings. The van der Waals surface area contributed by atoms with Crippen molar-refractivity contribution in [1.29, 1.82) is 0 Å². The third-order valence-corrected chi connectivity index (χ3v) is 2.34. The van der Waals surface area contributed by atoms with Gasteiger partial charge in [0.15, 0.2) is 0 Å². The van der Waals surface area contributed by atoms with Crippen LogP contribution in [-0.2, 0) is 4.79 Å². The van der Waals surface area contributed by atoms with Crippen molar-refractivity contribution in [3.05, 3.63) is 41.7 Å². The molecule has 3 heteroatoms. The van der Waals surface area contributed by atoms with Crippen molar-refractivity contribution >= 4 is 12.0 Å². The molecule has 1 rings (SSSR count).